The maximum Gasteiger partial charge on any atom is 0.293 e. The maximum absolute atomic E-state index is 12.6. The molecule has 0 amide bonds. The number of primary sulfonamides is 1. The van der Waals surface area contributed by atoms with E-state index < -0.39 is 14.9 Å². The van der Waals surface area contributed by atoms with Gasteiger partial charge in [-0.1, -0.05) is 11.6 Å². The fourth-order valence-electron chi connectivity index (χ4n) is 3.33. The van der Waals surface area contributed by atoms with Gasteiger partial charge in [0.2, 0.25) is 10.0 Å². The molecular formula is C18H18ClN3O5S. The van der Waals surface area contributed by atoms with E-state index in [4.69, 9.17) is 16.7 Å². The molecule has 1 fully saturated rings. The summed E-state index contributed by atoms with van der Waals surface area (Å²) < 4.78 is 22.9. The minimum atomic E-state index is -4.04. The molecule has 10 heteroatoms. The first kappa shape index (κ1) is 20.2. The molecule has 2 aromatic carbocycles. The Morgan fingerprint density at radius 1 is 1.14 bits per heavy atom. The number of hydrogen-bond donors (Lipinski definition) is 1. The highest BCUT2D eigenvalue weighted by Gasteiger charge is 2.29. The summed E-state index contributed by atoms with van der Waals surface area (Å²) in [5.41, 5.74) is 0.579. The Bertz CT molecular complexity index is 1020. The molecule has 0 aromatic heterocycles. The van der Waals surface area contributed by atoms with Gasteiger partial charge in [-0.3, -0.25) is 14.9 Å². The average Bonchev–Trinajstić information content (AvgIpc) is 2.67. The van der Waals surface area contributed by atoms with Gasteiger partial charge in [-0.15, -0.1) is 0 Å². The second-order valence-electron chi connectivity index (χ2n) is 6.59. The normalized spacial score (nSPS) is 15.4. The molecule has 1 aliphatic heterocycles. The van der Waals surface area contributed by atoms with Gasteiger partial charge in [-0.25, -0.2) is 13.6 Å². The first-order valence-electron chi connectivity index (χ1n) is 8.53. The van der Waals surface area contributed by atoms with Crippen molar-refractivity contribution in [2.75, 3.05) is 18.0 Å². The standard InChI is InChI=1S/C18H18ClN3O5S/c19-14-3-1-12(2-4-14)18(23)13-7-9-21(10-8-13)16-6-5-15(28(20,26)27)11-17(16)22(24)25/h1-6,11,13H,7-10H2,(H2,20,26,27). The van der Waals surface area contributed by atoms with Gasteiger partial charge in [0, 0.05) is 35.7 Å². The molecule has 0 atom stereocenters. The fraction of sp³-hybridized carbons (Fsp3) is 0.278. The number of piperidine rings is 1. The van der Waals surface area contributed by atoms with E-state index in [2.05, 4.69) is 0 Å². The molecule has 8 nitrogen and oxygen atoms in total. The number of nitrogens with two attached hydrogens (primary N) is 1. The minimum absolute atomic E-state index is 0.0235. The van der Waals surface area contributed by atoms with Gasteiger partial charge in [-0.05, 0) is 49.2 Å². The van der Waals surface area contributed by atoms with Crippen molar-refractivity contribution in [3.05, 3.63) is 63.2 Å². The molecule has 0 saturated carbocycles. The van der Waals surface area contributed by atoms with Gasteiger partial charge in [-0.2, -0.15) is 0 Å². The first-order chi connectivity index (χ1) is 13.2. The van der Waals surface area contributed by atoms with Crippen LogP contribution in [0, 0.1) is 16.0 Å². The number of nitro benzene ring substituents is 1. The number of benzene rings is 2. The van der Waals surface area contributed by atoms with Gasteiger partial charge >= 0.3 is 0 Å². The third-order valence-corrected chi connectivity index (χ3v) is 5.97. The number of Topliss-reactive ketones (excluding diaryl/α,β-unsaturated/α-hetero) is 1. The van der Waals surface area contributed by atoms with Gasteiger partial charge in [0.25, 0.3) is 5.69 Å². The third kappa shape index (κ3) is 4.32. The van der Waals surface area contributed by atoms with Gasteiger partial charge in [0.15, 0.2) is 5.78 Å². The summed E-state index contributed by atoms with van der Waals surface area (Å²) in [4.78, 5) is 24.9. The number of carbonyl (C=O) groups excluding carboxylic acids is 1. The quantitative estimate of drug-likeness (QED) is 0.448. The zero-order valence-corrected chi connectivity index (χ0v) is 16.3. The number of nitro groups is 1. The smallest absolute Gasteiger partial charge is 0.293 e. The van der Waals surface area contributed by atoms with Crippen molar-refractivity contribution in [1.29, 1.82) is 0 Å². The molecule has 2 N–H and O–H groups in total. The Hall–Kier alpha value is -2.49. The molecule has 1 heterocycles. The summed E-state index contributed by atoms with van der Waals surface area (Å²) in [6.07, 6.45) is 1.07. The highest BCUT2D eigenvalue weighted by atomic mass is 35.5. The Balaban J connectivity index is 1.77. The van der Waals surface area contributed by atoms with Crippen LogP contribution in [0.2, 0.25) is 5.02 Å². The van der Waals surface area contributed by atoms with Crippen molar-refractivity contribution < 1.29 is 18.1 Å². The summed E-state index contributed by atoms with van der Waals surface area (Å²) in [5.74, 6) is -0.157. The van der Waals surface area contributed by atoms with Crippen LogP contribution in [-0.4, -0.2) is 32.2 Å². The minimum Gasteiger partial charge on any atom is -0.366 e. The lowest BCUT2D eigenvalue weighted by atomic mass is 9.88. The molecule has 1 aliphatic rings. The maximum atomic E-state index is 12.6. The van der Waals surface area contributed by atoms with Gasteiger partial charge in [0.1, 0.15) is 5.69 Å². The number of anilines is 1. The van der Waals surface area contributed by atoms with Crippen LogP contribution < -0.4 is 10.0 Å². The molecule has 0 spiro atoms. The SMILES string of the molecule is NS(=O)(=O)c1ccc(N2CCC(C(=O)c3ccc(Cl)cc3)CC2)c([N+](=O)[O-])c1. The van der Waals surface area contributed by atoms with Crippen LogP contribution in [0.25, 0.3) is 0 Å². The second-order valence-corrected chi connectivity index (χ2v) is 8.58. The van der Waals surface area contributed by atoms with Crippen LogP contribution in [-0.2, 0) is 10.0 Å². The van der Waals surface area contributed by atoms with Crippen LogP contribution >= 0.6 is 11.6 Å². The van der Waals surface area contributed by atoms with Gasteiger partial charge < -0.3 is 4.90 Å². The topological polar surface area (TPSA) is 124 Å². The molecule has 3 rings (SSSR count). The van der Waals surface area contributed by atoms with Crippen LogP contribution in [0.3, 0.4) is 0 Å². The Morgan fingerprint density at radius 3 is 2.29 bits per heavy atom. The van der Waals surface area contributed by atoms with Crippen molar-refractivity contribution in [2.45, 2.75) is 17.7 Å². The predicted molar refractivity (Wildman–Crippen MR) is 105 cm³/mol. The lowest BCUT2D eigenvalue weighted by Gasteiger charge is -2.32. The molecule has 0 bridgehead atoms. The second kappa shape index (κ2) is 7.86. The molecule has 0 aliphatic carbocycles. The van der Waals surface area contributed by atoms with E-state index in [1.165, 1.54) is 12.1 Å². The van der Waals surface area contributed by atoms with Crippen molar-refractivity contribution in [2.24, 2.45) is 11.1 Å². The van der Waals surface area contributed by atoms with E-state index in [1.54, 1.807) is 29.2 Å². The predicted octanol–water partition coefficient (Wildman–Crippen LogP) is 2.99. The highest BCUT2D eigenvalue weighted by molar-refractivity contribution is 7.89. The summed E-state index contributed by atoms with van der Waals surface area (Å²) in [6, 6.07) is 10.3. The Morgan fingerprint density at radius 2 is 1.75 bits per heavy atom. The third-order valence-electron chi connectivity index (χ3n) is 4.81. The number of halogens is 1. The van der Waals surface area contributed by atoms with E-state index >= 15 is 0 Å². The number of sulfonamides is 1. The van der Waals surface area contributed by atoms with E-state index in [0.29, 0.717) is 42.2 Å². The van der Waals surface area contributed by atoms with Crippen LogP contribution in [0.15, 0.2) is 47.4 Å². The summed E-state index contributed by atoms with van der Waals surface area (Å²) in [5, 5.41) is 17.0. The zero-order chi connectivity index (χ0) is 20.5. The zero-order valence-electron chi connectivity index (χ0n) is 14.7. The van der Waals surface area contributed by atoms with Crippen LogP contribution in [0.4, 0.5) is 11.4 Å². The van der Waals surface area contributed by atoms with Crippen molar-refractivity contribution in [1.82, 2.24) is 0 Å². The monoisotopic (exact) mass is 423 g/mol. The van der Waals surface area contributed by atoms with Crippen molar-refractivity contribution in [3.8, 4) is 0 Å². The van der Waals surface area contributed by atoms with E-state index in [0.717, 1.165) is 6.07 Å². The highest BCUT2D eigenvalue weighted by Crippen LogP contribution is 2.34. The summed E-state index contributed by atoms with van der Waals surface area (Å²) in [7, 11) is -4.04. The largest absolute Gasteiger partial charge is 0.366 e. The number of nitrogens with zero attached hydrogens (tertiary/aromatic N) is 2. The van der Waals surface area contributed by atoms with E-state index in [-0.39, 0.29) is 22.3 Å². The number of hydrogen-bond acceptors (Lipinski definition) is 6. The van der Waals surface area contributed by atoms with E-state index in [9.17, 15) is 23.3 Å². The first-order valence-corrected chi connectivity index (χ1v) is 10.4. The van der Waals surface area contributed by atoms with Crippen LogP contribution in [0.5, 0.6) is 0 Å². The Labute approximate surface area is 167 Å². The molecule has 2 aromatic rings. The lowest BCUT2D eigenvalue weighted by Crippen LogP contribution is -2.36. The molecule has 148 valence electrons. The van der Waals surface area contributed by atoms with Gasteiger partial charge in [0.05, 0.1) is 9.82 Å². The number of rotatable bonds is 5. The number of ketones is 1. The molecule has 1 saturated heterocycles. The van der Waals surface area contributed by atoms with Crippen LogP contribution in [0.1, 0.15) is 23.2 Å². The average molecular weight is 424 g/mol. The summed E-state index contributed by atoms with van der Waals surface area (Å²) in [6.45, 7) is 0.888. The summed E-state index contributed by atoms with van der Waals surface area (Å²) >= 11 is 5.85. The fourth-order valence-corrected chi connectivity index (χ4v) is 3.99. The molecule has 0 radical (unpaired) electrons. The molecule has 0 unspecified atom stereocenters. The van der Waals surface area contributed by atoms with E-state index in [1.807, 2.05) is 0 Å². The van der Waals surface area contributed by atoms with Crippen molar-refractivity contribution >= 4 is 38.8 Å². The lowest BCUT2D eigenvalue weighted by molar-refractivity contribution is -0.384. The van der Waals surface area contributed by atoms with Crippen molar-refractivity contribution in [3.63, 3.8) is 0 Å². The molecular weight excluding hydrogens is 406 g/mol. The Kier molecular flexibility index (Phi) is 5.69. The molecule has 28 heavy (non-hydrogen) atoms. The number of carbonyl (C=O) groups is 1.